The van der Waals surface area contributed by atoms with Gasteiger partial charge in [0.25, 0.3) is 5.91 Å². The summed E-state index contributed by atoms with van der Waals surface area (Å²) >= 11 is 0. The average Bonchev–Trinajstić information content (AvgIpc) is 2.89. The molecule has 1 heterocycles. The Morgan fingerprint density at radius 3 is 2.38 bits per heavy atom. The molecule has 3 rings (SSSR count). The van der Waals surface area contributed by atoms with Crippen molar-refractivity contribution in [3.8, 4) is 0 Å². The van der Waals surface area contributed by atoms with E-state index < -0.39 is 6.04 Å². The van der Waals surface area contributed by atoms with Gasteiger partial charge in [-0.25, -0.2) is 4.90 Å². The van der Waals surface area contributed by atoms with Gasteiger partial charge in [-0.15, -0.1) is 0 Å². The SMILES string of the molecule is CCc1ccc(N2C(=O)C[C@H](N[C@H](C)c3ccccc3)C2=O)cc1. The summed E-state index contributed by atoms with van der Waals surface area (Å²) in [6.45, 7) is 4.08. The summed E-state index contributed by atoms with van der Waals surface area (Å²) < 4.78 is 0. The zero-order valence-corrected chi connectivity index (χ0v) is 14.0. The molecular formula is C20H22N2O2. The zero-order chi connectivity index (χ0) is 17.1. The van der Waals surface area contributed by atoms with Crippen molar-refractivity contribution in [3.05, 3.63) is 65.7 Å². The quantitative estimate of drug-likeness (QED) is 0.860. The Bertz CT molecular complexity index is 725. The van der Waals surface area contributed by atoms with Crippen molar-refractivity contribution < 1.29 is 9.59 Å². The Hall–Kier alpha value is -2.46. The normalized spacial score (nSPS) is 18.9. The molecule has 124 valence electrons. The van der Waals surface area contributed by atoms with Gasteiger partial charge in [0, 0.05) is 6.04 Å². The number of imide groups is 1. The Kier molecular flexibility index (Phi) is 4.76. The number of anilines is 1. The third kappa shape index (κ3) is 3.24. The number of hydrogen-bond acceptors (Lipinski definition) is 3. The van der Waals surface area contributed by atoms with Gasteiger partial charge in [0.05, 0.1) is 18.2 Å². The Balaban J connectivity index is 1.74. The fourth-order valence-electron chi connectivity index (χ4n) is 3.05. The number of hydrogen-bond donors (Lipinski definition) is 1. The summed E-state index contributed by atoms with van der Waals surface area (Å²) in [7, 11) is 0. The molecule has 4 nitrogen and oxygen atoms in total. The van der Waals surface area contributed by atoms with E-state index in [4.69, 9.17) is 0 Å². The molecule has 2 atom stereocenters. The molecule has 0 aromatic heterocycles. The first-order valence-electron chi connectivity index (χ1n) is 8.37. The van der Waals surface area contributed by atoms with E-state index in [9.17, 15) is 9.59 Å². The number of rotatable bonds is 5. The van der Waals surface area contributed by atoms with Crippen LogP contribution in [0.3, 0.4) is 0 Å². The van der Waals surface area contributed by atoms with Crippen LogP contribution in [0.5, 0.6) is 0 Å². The van der Waals surface area contributed by atoms with Crippen LogP contribution in [-0.4, -0.2) is 17.9 Å². The van der Waals surface area contributed by atoms with Crippen LogP contribution in [0.2, 0.25) is 0 Å². The van der Waals surface area contributed by atoms with Crippen LogP contribution in [0.15, 0.2) is 54.6 Å². The molecule has 1 aliphatic rings. The van der Waals surface area contributed by atoms with Crippen molar-refractivity contribution in [1.82, 2.24) is 5.32 Å². The summed E-state index contributed by atoms with van der Waals surface area (Å²) in [5.41, 5.74) is 2.94. The minimum Gasteiger partial charge on any atom is -0.299 e. The smallest absolute Gasteiger partial charge is 0.251 e. The fraction of sp³-hybridized carbons (Fsp3) is 0.300. The second-order valence-corrected chi connectivity index (χ2v) is 6.14. The lowest BCUT2D eigenvalue weighted by Crippen LogP contribution is -2.39. The molecule has 0 bridgehead atoms. The van der Waals surface area contributed by atoms with Crippen LogP contribution >= 0.6 is 0 Å². The number of nitrogens with zero attached hydrogens (tertiary/aromatic N) is 1. The molecule has 2 amide bonds. The molecule has 0 saturated carbocycles. The van der Waals surface area contributed by atoms with E-state index in [1.165, 1.54) is 10.5 Å². The number of aryl methyl sites for hydroxylation is 1. The van der Waals surface area contributed by atoms with E-state index in [0.29, 0.717) is 5.69 Å². The highest BCUT2D eigenvalue weighted by Crippen LogP contribution is 2.25. The molecule has 1 fully saturated rings. The van der Waals surface area contributed by atoms with Gasteiger partial charge < -0.3 is 0 Å². The zero-order valence-electron chi connectivity index (χ0n) is 14.0. The van der Waals surface area contributed by atoms with E-state index in [-0.39, 0.29) is 24.3 Å². The van der Waals surface area contributed by atoms with Gasteiger partial charge in [0.1, 0.15) is 0 Å². The summed E-state index contributed by atoms with van der Waals surface area (Å²) in [6.07, 6.45) is 1.13. The van der Waals surface area contributed by atoms with Crippen LogP contribution in [0.25, 0.3) is 0 Å². The van der Waals surface area contributed by atoms with Crippen molar-refractivity contribution in [1.29, 1.82) is 0 Å². The number of nitrogens with one attached hydrogen (secondary N) is 1. The monoisotopic (exact) mass is 322 g/mol. The summed E-state index contributed by atoms with van der Waals surface area (Å²) in [5.74, 6) is -0.325. The summed E-state index contributed by atoms with van der Waals surface area (Å²) in [4.78, 5) is 26.3. The lowest BCUT2D eigenvalue weighted by molar-refractivity contribution is -0.121. The molecule has 1 saturated heterocycles. The summed E-state index contributed by atoms with van der Waals surface area (Å²) in [5, 5.41) is 3.29. The van der Waals surface area contributed by atoms with Crippen LogP contribution in [0, 0.1) is 0 Å². The topological polar surface area (TPSA) is 49.4 Å². The molecule has 0 radical (unpaired) electrons. The molecule has 4 heteroatoms. The second-order valence-electron chi connectivity index (χ2n) is 6.14. The highest BCUT2D eigenvalue weighted by atomic mass is 16.2. The largest absolute Gasteiger partial charge is 0.299 e. The van der Waals surface area contributed by atoms with Crippen LogP contribution in [0.4, 0.5) is 5.69 Å². The van der Waals surface area contributed by atoms with Gasteiger partial charge in [-0.2, -0.15) is 0 Å². The van der Waals surface area contributed by atoms with E-state index in [1.54, 1.807) is 0 Å². The maximum absolute atomic E-state index is 12.7. The average molecular weight is 322 g/mol. The predicted molar refractivity (Wildman–Crippen MR) is 94.7 cm³/mol. The molecule has 2 aromatic carbocycles. The molecular weight excluding hydrogens is 300 g/mol. The third-order valence-corrected chi connectivity index (χ3v) is 4.50. The standard InChI is InChI=1S/C20H22N2O2/c1-3-15-9-11-17(12-10-15)22-19(23)13-18(20(22)24)21-14(2)16-7-5-4-6-8-16/h4-12,14,18,21H,3,13H2,1-2H3/t14-,18+/m1/s1. The Morgan fingerprint density at radius 1 is 1.08 bits per heavy atom. The van der Waals surface area contributed by atoms with Crippen molar-refractivity contribution in [2.75, 3.05) is 4.90 Å². The van der Waals surface area contributed by atoms with Gasteiger partial charge in [0.2, 0.25) is 5.91 Å². The minimum absolute atomic E-state index is 0.00960. The van der Waals surface area contributed by atoms with E-state index >= 15 is 0 Å². The molecule has 0 unspecified atom stereocenters. The summed E-state index contributed by atoms with van der Waals surface area (Å²) in [6, 6.07) is 17.1. The number of amides is 2. The lowest BCUT2D eigenvalue weighted by atomic mass is 10.1. The van der Waals surface area contributed by atoms with Crippen molar-refractivity contribution in [2.24, 2.45) is 0 Å². The Morgan fingerprint density at radius 2 is 1.75 bits per heavy atom. The second kappa shape index (κ2) is 6.97. The minimum atomic E-state index is -0.474. The van der Waals surface area contributed by atoms with Crippen LogP contribution in [-0.2, 0) is 16.0 Å². The van der Waals surface area contributed by atoms with Crippen LogP contribution < -0.4 is 10.2 Å². The highest BCUT2D eigenvalue weighted by Gasteiger charge is 2.39. The van der Waals surface area contributed by atoms with Gasteiger partial charge in [0.15, 0.2) is 0 Å². The van der Waals surface area contributed by atoms with Crippen LogP contribution in [0.1, 0.15) is 37.4 Å². The predicted octanol–water partition coefficient (Wildman–Crippen LogP) is 3.23. The van der Waals surface area contributed by atoms with Crippen molar-refractivity contribution in [3.63, 3.8) is 0 Å². The van der Waals surface area contributed by atoms with E-state index in [2.05, 4.69) is 12.2 Å². The maximum atomic E-state index is 12.7. The number of carbonyl (C=O) groups excluding carboxylic acids is 2. The number of benzene rings is 2. The van der Waals surface area contributed by atoms with Gasteiger partial charge >= 0.3 is 0 Å². The first-order chi connectivity index (χ1) is 11.6. The third-order valence-electron chi connectivity index (χ3n) is 4.50. The van der Waals surface area contributed by atoms with E-state index in [0.717, 1.165) is 12.0 Å². The highest BCUT2D eigenvalue weighted by molar-refractivity contribution is 6.22. The first kappa shape index (κ1) is 16.4. The van der Waals surface area contributed by atoms with Gasteiger partial charge in [-0.3, -0.25) is 14.9 Å². The first-order valence-corrected chi connectivity index (χ1v) is 8.37. The molecule has 2 aromatic rings. The van der Waals surface area contributed by atoms with Crippen molar-refractivity contribution in [2.45, 2.75) is 38.8 Å². The molecule has 0 aliphatic carbocycles. The maximum Gasteiger partial charge on any atom is 0.251 e. The van der Waals surface area contributed by atoms with Crippen molar-refractivity contribution >= 4 is 17.5 Å². The van der Waals surface area contributed by atoms with Gasteiger partial charge in [-0.1, -0.05) is 49.4 Å². The lowest BCUT2D eigenvalue weighted by Gasteiger charge is -2.19. The Labute approximate surface area is 142 Å². The number of carbonyl (C=O) groups is 2. The molecule has 1 N–H and O–H groups in total. The molecule has 1 aliphatic heterocycles. The van der Waals surface area contributed by atoms with E-state index in [1.807, 2.05) is 61.5 Å². The molecule has 24 heavy (non-hydrogen) atoms. The molecule has 0 spiro atoms. The van der Waals surface area contributed by atoms with Gasteiger partial charge in [-0.05, 0) is 36.6 Å². The fourth-order valence-corrected chi connectivity index (χ4v) is 3.05.